The second-order valence-corrected chi connectivity index (χ2v) is 6.53. The van der Waals surface area contributed by atoms with E-state index in [9.17, 15) is 23.6 Å². The Hall–Kier alpha value is -2.81. The number of anilines is 1. The molecule has 0 saturated carbocycles. The molecule has 0 radical (unpaired) electrons. The molecule has 136 valence electrons. The third kappa shape index (κ3) is 2.55. The molecule has 0 unspecified atom stereocenters. The Kier molecular flexibility index (Phi) is 3.95. The molecule has 1 atom stereocenters. The first-order valence-electron chi connectivity index (χ1n) is 8.48. The molecule has 0 aromatic heterocycles. The number of carbonyl (C=O) groups excluding carboxylic acids is 4. The Balaban J connectivity index is 1.68. The first-order valence-corrected chi connectivity index (χ1v) is 8.48. The lowest BCUT2D eigenvalue weighted by Crippen LogP contribution is -2.54. The predicted molar refractivity (Wildman–Crippen MR) is 88.2 cm³/mol. The average molecular weight is 360 g/mol. The molecule has 1 aromatic rings. The van der Waals surface area contributed by atoms with E-state index in [0.29, 0.717) is 26.2 Å². The van der Waals surface area contributed by atoms with Crippen LogP contribution in [0.3, 0.4) is 0 Å². The van der Waals surface area contributed by atoms with Crippen LogP contribution in [-0.4, -0.2) is 60.7 Å². The molecule has 2 fully saturated rings. The monoisotopic (exact) mass is 360 g/mol. The van der Waals surface area contributed by atoms with Gasteiger partial charge in [-0.3, -0.25) is 29.4 Å². The summed E-state index contributed by atoms with van der Waals surface area (Å²) in [6, 6.07) is 1.41. The Morgan fingerprint density at radius 2 is 1.65 bits per heavy atom. The van der Waals surface area contributed by atoms with Gasteiger partial charge in [-0.1, -0.05) is 0 Å². The highest BCUT2D eigenvalue weighted by atomic mass is 19.1. The molecule has 2 N–H and O–H groups in total. The second kappa shape index (κ2) is 6.17. The number of hydrogen-bond acceptors (Lipinski definition) is 6. The quantitative estimate of drug-likeness (QED) is 0.699. The maximum atomic E-state index is 14.6. The van der Waals surface area contributed by atoms with Crippen LogP contribution >= 0.6 is 0 Å². The van der Waals surface area contributed by atoms with Crippen LogP contribution in [0.4, 0.5) is 10.1 Å². The van der Waals surface area contributed by atoms with Crippen LogP contribution in [0.25, 0.3) is 0 Å². The van der Waals surface area contributed by atoms with Gasteiger partial charge in [0.15, 0.2) is 0 Å². The van der Waals surface area contributed by atoms with Crippen molar-refractivity contribution in [2.45, 2.75) is 18.9 Å². The van der Waals surface area contributed by atoms with Gasteiger partial charge in [0, 0.05) is 32.6 Å². The van der Waals surface area contributed by atoms with Crippen LogP contribution in [0.15, 0.2) is 12.1 Å². The number of amides is 4. The van der Waals surface area contributed by atoms with Gasteiger partial charge >= 0.3 is 0 Å². The fourth-order valence-electron chi connectivity index (χ4n) is 3.63. The van der Waals surface area contributed by atoms with E-state index in [0.717, 1.165) is 11.0 Å². The number of nitrogens with one attached hydrogen (secondary N) is 2. The number of imide groups is 2. The molecule has 3 heterocycles. The van der Waals surface area contributed by atoms with Crippen molar-refractivity contribution >= 4 is 29.3 Å². The summed E-state index contributed by atoms with van der Waals surface area (Å²) in [5.74, 6) is -3.02. The summed E-state index contributed by atoms with van der Waals surface area (Å²) in [6.07, 6.45) is 0.119. The van der Waals surface area contributed by atoms with Gasteiger partial charge in [0.05, 0.1) is 16.8 Å². The van der Waals surface area contributed by atoms with Gasteiger partial charge in [0.2, 0.25) is 11.8 Å². The molecule has 3 aliphatic rings. The molecule has 8 nitrogen and oxygen atoms in total. The Morgan fingerprint density at radius 1 is 1.00 bits per heavy atom. The minimum atomic E-state index is -1.05. The molecule has 0 spiro atoms. The molecule has 26 heavy (non-hydrogen) atoms. The molecule has 4 amide bonds. The zero-order valence-corrected chi connectivity index (χ0v) is 13.9. The largest absolute Gasteiger partial charge is 0.367 e. The number of benzene rings is 1. The SMILES string of the molecule is O=C1CC[C@@H](N2C(=O)c3cc(F)c(N4CCNCC4)cc3C2=O)C(=O)N1. The predicted octanol–water partition coefficient (Wildman–Crippen LogP) is -0.363. The number of piperidine rings is 1. The Bertz CT molecular complexity index is 834. The summed E-state index contributed by atoms with van der Waals surface area (Å²) in [5, 5.41) is 5.30. The lowest BCUT2D eigenvalue weighted by Gasteiger charge is -2.30. The normalized spacial score (nSPS) is 23.3. The van der Waals surface area contributed by atoms with E-state index < -0.39 is 35.5 Å². The summed E-state index contributed by atoms with van der Waals surface area (Å²) < 4.78 is 14.6. The lowest BCUT2D eigenvalue weighted by molar-refractivity contribution is -0.136. The molecular weight excluding hydrogens is 343 g/mol. The number of fused-ring (bicyclic) bond motifs is 1. The summed E-state index contributed by atoms with van der Waals surface area (Å²) in [4.78, 5) is 51.4. The molecule has 4 rings (SSSR count). The van der Waals surface area contributed by atoms with Gasteiger partial charge in [0.25, 0.3) is 11.8 Å². The van der Waals surface area contributed by atoms with Gasteiger partial charge in [-0.05, 0) is 18.6 Å². The fourth-order valence-corrected chi connectivity index (χ4v) is 3.63. The molecule has 0 bridgehead atoms. The minimum absolute atomic E-state index is 0.0453. The molecule has 3 aliphatic heterocycles. The van der Waals surface area contributed by atoms with Crippen LogP contribution in [0.5, 0.6) is 0 Å². The van der Waals surface area contributed by atoms with Crippen LogP contribution in [0.1, 0.15) is 33.6 Å². The van der Waals surface area contributed by atoms with Crippen LogP contribution in [-0.2, 0) is 9.59 Å². The lowest BCUT2D eigenvalue weighted by atomic mass is 10.0. The highest BCUT2D eigenvalue weighted by Gasteiger charge is 2.45. The standard InChI is InChI=1S/C17H17FN4O4/c18-11-7-9-10(8-13(11)21-5-3-19-4-6-21)17(26)22(16(9)25)12-1-2-14(23)20-15(12)24/h7-8,12,19H,1-6H2,(H,20,23,24)/t12-/m1/s1. The third-order valence-electron chi connectivity index (χ3n) is 4.96. The number of piperazine rings is 1. The van der Waals surface area contributed by atoms with Gasteiger partial charge in [-0.25, -0.2) is 4.39 Å². The summed E-state index contributed by atoms with van der Waals surface area (Å²) in [5.41, 5.74) is 0.322. The molecule has 0 aliphatic carbocycles. The maximum absolute atomic E-state index is 14.6. The first-order chi connectivity index (χ1) is 12.5. The van der Waals surface area contributed by atoms with Crippen molar-refractivity contribution in [3.05, 3.63) is 29.1 Å². The highest BCUT2D eigenvalue weighted by Crippen LogP contribution is 2.32. The Morgan fingerprint density at radius 3 is 2.31 bits per heavy atom. The van der Waals surface area contributed by atoms with E-state index in [1.807, 2.05) is 4.90 Å². The van der Waals surface area contributed by atoms with Crippen molar-refractivity contribution in [3.63, 3.8) is 0 Å². The van der Waals surface area contributed by atoms with Crippen molar-refractivity contribution in [1.82, 2.24) is 15.5 Å². The van der Waals surface area contributed by atoms with E-state index in [1.54, 1.807) is 0 Å². The summed E-state index contributed by atoms with van der Waals surface area (Å²) in [6.45, 7) is 2.58. The number of rotatable bonds is 2. The van der Waals surface area contributed by atoms with Gasteiger partial charge in [-0.2, -0.15) is 0 Å². The zero-order chi connectivity index (χ0) is 18.4. The summed E-state index contributed by atoms with van der Waals surface area (Å²) >= 11 is 0. The average Bonchev–Trinajstić information content (AvgIpc) is 2.86. The molecular formula is C17H17FN4O4. The second-order valence-electron chi connectivity index (χ2n) is 6.53. The fraction of sp³-hybridized carbons (Fsp3) is 0.412. The minimum Gasteiger partial charge on any atom is -0.367 e. The van der Waals surface area contributed by atoms with Gasteiger partial charge in [-0.15, -0.1) is 0 Å². The number of halogens is 1. The number of carbonyl (C=O) groups is 4. The smallest absolute Gasteiger partial charge is 0.262 e. The topological polar surface area (TPSA) is 98.8 Å². The van der Waals surface area contributed by atoms with Crippen molar-refractivity contribution in [1.29, 1.82) is 0 Å². The van der Waals surface area contributed by atoms with Crippen LogP contribution < -0.4 is 15.5 Å². The maximum Gasteiger partial charge on any atom is 0.262 e. The van der Waals surface area contributed by atoms with Crippen LogP contribution in [0, 0.1) is 5.82 Å². The Labute approximate surface area is 148 Å². The van der Waals surface area contributed by atoms with E-state index in [4.69, 9.17) is 0 Å². The van der Waals surface area contributed by atoms with Gasteiger partial charge < -0.3 is 10.2 Å². The van der Waals surface area contributed by atoms with Crippen molar-refractivity contribution in [2.24, 2.45) is 0 Å². The zero-order valence-electron chi connectivity index (χ0n) is 13.9. The van der Waals surface area contributed by atoms with E-state index >= 15 is 0 Å². The van der Waals surface area contributed by atoms with E-state index in [2.05, 4.69) is 10.6 Å². The third-order valence-corrected chi connectivity index (χ3v) is 4.96. The molecule has 2 saturated heterocycles. The van der Waals surface area contributed by atoms with E-state index in [-0.39, 0.29) is 29.7 Å². The van der Waals surface area contributed by atoms with E-state index in [1.165, 1.54) is 6.07 Å². The number of nitrogens with zero attached hydrogens (tertiary/aromatic N) is 2. The summed E-state index contributed by atoms with van der Waals surface area (Å²) in [7, 11) is 0. The molecule has 9 heteroatoms. The van der Waals surface area contributed by atoms with Crippen molar-refractivity contribution < 1.29 is 23.6 Å². The van der Waals surface area contributed by atoms with Crippen LogP contribution in [0.2, 0.25) is 0 Å². The van der Waals surface area contributed by atoms with Crippen molar-refractivity contribution in [2.75, 3.05) is 31.1 Å². The van der Waals surface area contributed by atoms with Gasteiger partial charge in [0.1, 0.15) is 11.9 Å². The molecule has 1 aromatic carbocycles. The highest BCUT2D eigenvalue weighted by molar-refractivity contribution is 6.23. The number of hydrogen-bond donors (Lipinski definition) is 2. The van der Waals surface area contributed by atoms with Crippen molar-refractivity contribution in [3.8, 4) is 0 Å². The first kappa shape index (κ1) is 16.6.